The summed E-state index contributed by atoms with van der Waals surface area (Å²) in [6.07, 6.45) is 2.46. The molecule has 3 rings (SSSR count). The van der Waals surface area contributed by atoms with Gasteiger partial charge in [-0.25, -0.2) is 0 Å². The molecule has 0 amide bonds. The number of hydrogen-bond donors (Lipinski definition) is 0. The van der Waals surface area contributed by atoms with E-state index in [1.165, 1.54) is 27.8 Å². The van der Waals surface area contributed by atoms with E-state index in [0.29, 0.717) is 5.92 Å². The zero-order valence-corrected chi connectivity index (χ0v) is 16.6. The quantitative estimate of drug-likeness (QED) is 0.603. The highest BCUT2D eigenvalue weighted by molar-refractivity contribution is 5.79. The number of methoxy groups -OCH3 is 1. The molecule has 1 atom stereocenters. The van der Waals surface area contributed by atoms with Crippen LogP contribution < -0.4 is 4.74 Å². The van der Waals surface area contributed by atoms with Gasteiger partial charge in [0.2, 0.25) is 0 Å². The highest BCUT2D eigenvalue weighted by Crippen LogP contribution is 2.48. The van der Waals surface area contributed by atoms with E-state index in [2.05, 4.69) is 90.1 Å². The number of hydrogen-bond acceptors (Lipinski definition) is 1. The summed E-state index contributed by atoms with van der Waals surface area (Å²) >= 11 is 0. The second kappa shape index (κ2) is 6.05. The van der Waals surface area contributed by atoms with Crippen molar-refractivity contribution < 1.29 is 4.74 Å². The zero-order valence-electron chi connectivity index (χ0n) is 16.6. The molecule has 0 bridgehead atoms. The summed E-state index contributed by atoms with van der Waals surface area (Å²) in [4.78, 5) is 0. The van der Waals surface area contributed by atoms with Crippen molar-refractivity contribution in [3.8, 4) is 5.75 Å². The van der Waals surface area contributed by atoms with Crippen molar-refractivity contribution in [1.29, 1.82) is 0 Å². The molecule has 1 heteroatoms. The molecular formula is C24H30O. The maximum Gasteiger partial charge on any atom is 0.118 e. The summed E-state index contributed by atoms with van der Waals surface area (Å²) in [6.45, 7) is 13.8. The second-order valence-corrected chi connectivity index (χ2v) is 9.13. The van der Waals surface area contributed by atoms with Crippen molar-refractivity contribution in [3.05, 3.63) is 70.8 Å². The molecule has 0 spiro atoms. The van der Waals surface area contributed by atoms with E-state index >= 15 is 0 Å². The Morgan fingerprint density at radius 3 is 1.96 bits per heavy atom. The first-order valence-corrected chi connectivity index (χ1v) is 9.12. The molecule has 1 nitrogen and oxygen atoms in total. The summed E-state index contributed by atoms with van der Waals surface area (Å²) in [5.74, 6) is 1.23. The van der Waals surface area contributed by atoms with Gasteiger partial charge in [0.25, 0.3) is 0 Å². The summed E-state index contributed by atoms with van der Waals surface area (Å²) < 4.78 is 5.31. The molecule has 25 heavy (non-hydrogen) atoms. The smallest absolute Gasteiger partial charge is 0.118 e. The van der Waals surface area contributed by atoms with Crippen LogP contribution in [0, 0.1) is 5.41 Å². The van der Waals surface area contributed by atoms with Crippen molar-refractivity contribution in [2.45, 2.75) is 52.9 Å². The zero-order chi connectivity index (χ0) is 18.4. The molecule has 1 aliphatic rings. The van der Waals surface area contributed by atoms with Gasteiger partial charge >= 0.3 is 0 Å². The first-order valence-electron chi connectivity index (χ1n) is 9.12. The first-order chi connectivity index (χ1) is 11.6. The minimum atomic E-state index is 0.131. The Labute approximate surface area is 152 Å². The Kier molecular flexibility index (Phi) is 4.31. The Morgan fingerprint density at radius 1 is 0.800 bits per heavy atom. The van der Waals surface area contributed by atoms with Gasteiger partial charge in [-0.05, 0) is 50.8 Å². The molecule has 1 unspecified atom stereocenters. The molecular weight excluding hydrogens is 304 g/mol. The van der Waals surface area contributed by atoms with Gasteiger partial charge in [0, 0.05) is 5.92 Å². The fourth-order valence-corrected chi connectivity index (χ4v) is 3.61. The van der Waals surface area contributed by atoms with Crippen molar-refractivity contribution >= 4 is 5.57 Å². The molecule has 0 saturated carbocycles. The van der Waals surface area contributed by atoms with Gasteiger partial charge in [-0.2, -0.15) is 0 Å². The average Bonchev–Trinajstić information content (AvgIpc) is 2.93. The van der Waals surface area contributed by atoms with Crippen molar-refractivity contribution in [1.82, 2.24) is 0 Å². The topological polar surface area (TPSA) is 9.23 Å². The molecule has 132 valence electrons. The van der Waals surface area contributed by atoms with E-state index in [-0.39, 0.29) is 10.8 Å². The first kappa shape index (κ1) is 17.8. The molecule has 2 aromatic rings. The van der Waals surface area contributed by atoms with E-state index < -0.39 is 0 Å². The molecule has 0 heterocycles. The van der Waals surface area contributed by atoms with E-state index in [1.807, 2.05) is 0 Å². The normalized spacial score (nSPS) is 17.2. The third kappa shape index (κ3) is 3.38. The fraction of sp³-hybridized carbons (Fsp3) is 0.417. The Hall–Kier alpha value is -2.02. The second-order valence-electron chi connectivity index (χ2n) is 9.13. The van der Waals surface area contributed by atoms with Gasteiger partial charge < -0.3 is 4.74 Å². The van der Waals surface area contributed by atoms with E-state index in [0.717, 1.165) is 5.75 Å². The van der Waals surface area contributed by atoms with Crippen LogP contribution in [0.3, 0.4) is 0 Å². The lowest BCUT2D eigenvalue weighted by molar-refractivity contribution is 0.414. The maximum absolute atomic E-state index is 5.31. The van der Waals surface area contributed by atoms with Crippen LogP contribution in [0.15, 0.2) is 48.5 Å². The van der Waals surface area contributed by atoms with Crippen molar-refractivity contribution in [3.63, 3.8) is 0 Å². The van der Waals surface area contributed by atoms with E-state index in [4.69, 9.17) is 4.74 Å². The maximum atomic E-state index is 5.31. The SMILES string of the molecule is COc1ccc(C2C=C(C(C)(C)C)c3cc(C(C)(C)C)ccc32)cc1. The van der Waals surface area contributed by atoms with E-state index in [1.54, 1.807) is 7.11 Å². The van der Waals surface area contributed by atoms with Crippen LogP contribution >= 0.6 is 0 Å². The fourth-order valence-electron chi connectivity index (χ4n) is 3.61. The van der Waals surface area contributed by atoms with Crippen LogP contribution in [0.5, 0.6) is 5.75 Å². The van der Waals surface area contributed by atoms with Gasteiger partial charge in [-0.15, -0.1) is 0 Å². The van der Waals surface area contributed by atoms with Crippen LogP contribution in [0.4, 0.5) is 0 Å². The van der Waals surface area contributed by atoms with Crippen molar-refractivity contribution in [2.24, 2.45) is 5.41 Å². The summed E-state index contributed by atoms with van der Waals surface area (Å²) in [5, 5.41) is 0. The molecule has 0 saturated heterocycles. The lowest BCUT2D eigenvalue weighted by atomic mass is 9.80. The molecule has 0 fully saturated rings. The highest BCUT2D eigenvalue weighted by atomic mass is 16.5. The molecule has 0 radical (unpaired) electrons. The van der Waals surface area contributed by atoms with Crippen molar-refractivity contribution in [2.75, 3.05) is 7.11 Å². The molecule has 2 aromatic carbocycles. The average molecular weight is 335 g/mol. The highest BCUT2D eigenvalue weighted by Gasteiger charge is 2.31. The Balaban J connectivity index is 2.13. The monoisotopic (exact) mass is 334 g/mol. The van der Waals surface area contributed by atoms with Gasteiger partial charge in [0.15, 0.2) is 0 Å². The lowest BCUT2D eigenvalue weighted by Crippen LogP contribution is -2.13. The van der Waals surface area contributed by atoms with Crippen LogP contribution in [-0.4, -0.2) is 7.11 Å². The summed E-state index contributed by atoms with van der Waals surface area (Å²) in [6, 6.07) is 15.5. The predicted molar refractivity (Wildman–Crippen MR) is 107 cm³/mol. The van der Waals surface area contributed by atoms with E-state index in [9.17, 15) is 0 Å². The van der Waals surface area contributed by atoms with Crippen LogP contribution in [0.1, 0.15) is 69.7 Å². The Bertz CT molecular complexity index is 795. The minimum absolute atomic E-state index is 0.131. The summed E-state index contributed by atoms with van der Waals surface area (Å²) in [5.41, 5.74) is 7.31. The largest absolute Gasteiger partial charge is 0.497 e. The van der Waals surface area contributed by atoms with Crippen LogP contribution in [0.2, 0.25) is 0 Å². The lowest BCUT2D eigenvalue weighted by Gasteiger charge is -2.25. The minimum Gasteiger partial charge on any atom is -0.497 e. The predicted octanol–water partition coefficient (Wildman–Crippen LogP) is 6.57. The standard InChI is InChI=1S/C24H30O/c1-23(2,3)17-10-13-19-20(16-8-11-18(25-7)12-9-16)15-22(21(19)14-17)24(4,5)6/h8-15,20H,1-7H3. The van der Waals surface area contributed by atoms with Gasteiger partial charge in [-0.1, -0.05) is 78.0 Å². The van der Waals surface area contributed by atoms with Gasteiger partial charge in [0.05, 0.1) is 7.11 Å². The van der Waals surface area contributed by atoms with Gasteiger partial charge in [-0.3, -0.25) is 0 Å². The number of benzene rings is 2. The number of allylic oxidation sites excluding steroid dienone is 2. The van der Waals surface area contributed by atoms with Crippen LogP contribution in [0.25, 0.3) is 5.57 Å². The molecule has 0 aliphatic heterocycles. The Morgan fingerprint density at radius 2 is 1.44 bits per heavy atom. The third-order valence-corrected chi connectivity index (χ3v) is 5.16. The summed E-state index contributed by atoms with van der Waals surface area (Å²) in [7, 11) is 1.71. The number of ether oxygens (including phenoxy) is 1. The molecule has 0 N–H and O–H groups in total. The molecule has 1 aliphatic carbocycles. The van der Waals surface area contributed by atoms with Crippen LogP contribution in [-0.2, 0) is 5.41 Å². The molecule has 0 aromatic heterocycles. The van der Waals surface area contributed by atoms with Gasteiger partial charge in [0.1, 0.15) is 5.75 Å². The third-order valence-electron chi connectivity index (χ3n) is 5.16. The number of fused-ring (bicyclic) bond motifs is 1. The number of rotatable bonds is 2.